The molecule has 2 aromatic rings. The standard InChI is InChI=1S/C11H14N6/c1-7-2-4-8(5-3-7)16-10-9(12)11(17-13)15-6-14-10/h2-6H,12-13H2,1H3,(H2,14,15,16,17). The first-order chi connectivity index (χ1) is 8.20. The number of hydrazine groups is 1. The molecule has 0 unspecified atom stereocenters. The van der Waals surface area contributed by atoms with E-state index in [9.17, 15) is 0 Å². The van der Waals surface area contributed by atoms with Crippen molar-refractivity contribution in [2.45, 2.75) is 6.92 Å². The Morgan fingerprint density at radius 2 is 1.71 bits per heavy atom. The number of nitrogens with one attached hydrogen (secondary N) is 2. The summed E-state index contributed by atoms with van der Waals surface area (Å²) in [5.41, 5.74) is 10.7. The lowest BCUT2D eigenvalue weighted by molar-refractivity contribution is 1.14. The summed E-state index contributed by atoms with van der Waals surface area (Å²) in [7, 11) is 0. The molecule has 6 nitrogen and oxygen atoms in total. The van der Waals surface area contributed by atoms with Crippen LogP contribution in [0.4, 0.5) is 23.0 Å². The minimum Gasteiger partial charge on any atom is -0.393 e. The molecule has 17 heavy (non-hydrogen) atoms. The topological polar surface area (TPSA) is 102 Å². The van der Waals surface area contributed by atoms with Crippen molar-refractivity contribution in [1.82, 2.24) is 9.97 Å². The van der Waals surface area contributed by atoms with Crippen molar-refractivity contribution in [3.05, 3.63) is 36.2 Å². The molecule has 0 aliphatic carbocycles. The van der Waals surface area contributed by atoms with E-state index in [4.69, 9.17) is 11.6 Å². The second-order valence-corrected chi connectivity index (χ2v) is 3.62. The number of benzene rings is 1. The minimum atomic E-state index is 0.385. The van der Waals surface area contributed by atoms with Crippen molar-refractivity contribution < 1.29 is 0 Å². The SMILES string of the molecule is Cc1ccc(Nc2ncnc(NN)c2N)cc1. The Morgan fingerprint density at radius 1 is 1.06 bits per heavy atom. The average Bonchev–Trinajstić information content (AvgIpc) is 2.35. The molecular weight excluding hydrogens is 216 g/mol. The summed E-state index contributed by atoms with van der Waals surface area (Å²) < 4.78 is 0. The van der Waals surface area contributed by atoms with Crippen molar-refractivity contribution >= 4 is 23.0 Å². The Kier molecular flexibility index (Phi) is 3.06. The van der Waals surface area contributed by atoms with Crippen LogP contribution in [0.2, 0.25) is 0 Å². The lowest BCUT2D eigenvalue weighted by Gasteiger charge is -2.10. The predicted molar refractivity (Wildman–Crippen MR) is 68.7 cm³/mol. The van der Waals surface area contributed by atoms with Crippen LogP contribution in [0.5, 0.6) is 0 Å². The number of aryl methyl sites for hydroxylation is 1. The van der Waals surface area contributed by atoms with E-state index < -0.39 is 0 Å². The van der Waals surface area contributed by atoms with Crippen LogP contribution in [0.25, 0.3) is 0 Å². The van der Waals surface area contributed by atoms with E-state index in [0.29, 0.717) is 17.3 Å². The second-order valence-electron chi connectivity index (χ2n) is 3.62. The molecule has 0 atom stereocenters. The predicted octanol–water partition coefficient (Wildman–Crippen LogP) is 1.40. The van der Waals surface area contributed by atoms with Crippen LogP contribution < -0.4 is 22.3 Å². The van der Waals surface area contributed by atoms with Gasteiger partial charge in [0.1, 0.15) is 12.0 Å². The number of nitrogens with zero attached hydrogens (tertiary/aromatic N) is 2. The summed E-state index contributed by atoms with van der Waals surface area (Å²) in [5.74, 6) is 6.21. The van der Waals surface area contributed by atoms with Gasteiger partial charge >= 0.3 is 0 Å². The quantitative estimate of drug-likeness (QED) is 0.469. The highest BCUT2D eigenvalue weighted by atomic mass is 15.3. The number of nitrogen functional groups attached to an aromatic ring is 2. The van der Waals surface area contributed by atoms with Crippen LogP contribution in [0.3, 0.4) is 0 Å². The Hall–Kier alpha value is -2.34. The summed E-state index contributed by atoms with van der Waals surface area (Å²) in [6, 6.07) is 7.91. The van der Waals surface area contributed by atoms with Crippen molar-refractivity contribution in [3.8, 4) is 0 Å². The fourth-order valence-corrected chi connectivity index (χ4v) is 1.38. The summed E-state index contributed by atoms with van der Waals surface area (Å²) in [6.45, 7) is 2.03. The maximum Gasteiger partial charge on any atom is 0.168 e. The summed E-state index contributed by atoms with van der Waals surface area (Å²) in [5, 5.41) is 3.10. The van der Waals surface area contributed by atoms with E-state index >= 15 is 0 Å². The monoisotopic (exact) mass is 230 g/mol. The fourth-order valence-electron chi connectivity index (χ4n) is 1.38. The Balaban J connectivity index is 2.27. The second kappa shape index (κ2) is 4.67. The van der Waals surface area contributed by atoms with Crippen molar-refractivity contribution in [3.63, 3.8) is 0 Å². The van der Waals surface area contributed by atoms with Gasteiger partial charge in [0.05, 0.1) is 0 Å². The normalized spacial score (nSPS) is 10.0. The number of anilines is 4. The van der Waals surface area contributed by atoms with Gasteiger partial charge in [-0.3, -0.25) is 0 Å². The molecule has 0 amide bonds. The third-order valence-electron chi connectivity index (χ3n) is 2.33. The lowest BCUT2D eigenvalue weighted by Crippen LogP contribution is -2.12. The van der Waals surface area contributed by atoms with E-state index in [0.717, 1.165) is 5.69 Å². The van der Waals surface area contributed by atoms with Gasteiger partial charge in [-0.15, -0.1) is 0 Å². The van der Waals surface area contributed by atoms with Crippen LogP contribution in [-0.4, -0.2) is 9.97 Å². The Morgan fingerprint density at radius 3 is 2.35 bits per heavy atom. The largest absolute Gasteiger partial charge is 0.393 e. The molecule has 0 radical (unpaired) electrons. The van der Waals surface area contributed by atoms with E-state index in [1.165, 1.54) is 11.9 Å². The van der Waals surface area contributed by atoms with Gasteiger partial charge in [0.25, 0.3) is 0 Å². The first-order valence-corrected chi connectivity index (χ1v) is 5.11. The smallest absolute Gasteiger partial charge is 0.168 e. The number of nitrogens with two attached hydrogens (primary N) is 2. The lowest BCUT2D eigenvalue weighted by atomic mass is 10.2. The van der Waals surface area contributed by atoms with E-state index in [-0.39, 0.29) is 0 Å². The van der Waals surface area contributed by atoms with Gasteiger partial charge in [-0.25, -0.2) is 15.8 Å². The van der Waals surface area contributed by atoms with Crippen LogP contribution in [0.1, 0.15) is 5.56 Å². The molecule has 0 spiro atoms. The number of rotatable bonds is 3. The van der Waals surface area contributed by atoms with Crippen LogP contribution in [-0.2, 0) is 0 Å². The van der Waals surface area contributed by atoms with Crippen LogP contribution in [0.15, 0.2) is 30.6 Å². The molecule has 1 heterocycles. The molecule has 1 aromatic carbocycles. The maximum atomic E-state index is 5.84. The molecule has 2 rings (SSSR count). The summed E-state index contributed by atoms with van der Waals surface area (Å²) in [6.07, 6.45) is 1.39. The zero-order valence-corrected chi connectivity index (χ0v) is 9.44. The van der Waals surface area contributed by atoms with Crippen molar-refractivity contribution in [2.24, 2.45) is 5.84 Å². The number of hydrogen-bond donors (Lipinski definition) is 4. The molecule has 88 valence electrons. The number of hydrogen-bond acceptors (Lipinski definition) is 6. The van der Waals surface area contributed by atoms with Crippen LogP contribution in [0, 0.1) is 6.92 Å². The Labute approximate surface area is 99.0 Å². The van der Waals surface area contributed by atoms with Gasteiger partial charge in [-0.2, -0.15) is 0 Å². The van der Waals surface area contributed by atoms with Gasteiger partial charge in [0.15, 0.2) is 11.6 Å². The number of aromatic nitrogens is 2. The van der Waals surface area contributed by atoms with Gasteiger partial charge < -0.3 is 16.5 Å². The molecule has 0 aliphatic heterocycles. The molecule has 6 N–H and O–H groups in total. The maximum absolute atomic E-state index is 5.84. The molecular formula is C11H14N6. The molecule has 1 aromatic heterocycles. The summed E-state index contributed by atoms with van der Waals surface area (Å²) in [4.78, 5) is 7.96. The van der Waals surface area contributed by atoms with Crippen LogP contribution >= 0.6 is 0 Å². The van der Waals surface area contributed by atoms with Crippen molar-refractivity contribution in [2.75, 3.05) is 16.5 Å². The third kappa shape index (κ3) is 2.43. The zero-order chi connectivity index (χ0) is 12.3. The molecule has 0 fully saturated rings. The van der Waals surface area contributed by atoms with E-state index in [1.807, 2.05) is 31.2 Å². The molecule has 0 aliphatic rings. The van der Waals surface area contributed by atoms with Gasteiger partial charge in [-0.1, -0.05) is 17.7 Å². The highest BCUT2D eigenvalue weighted by Gasteiger charge is 2.06. The first-order valence-electron chi connectivity index (χ1n) is 5.11. The Bertz CT molecular complexity index is 508. The highest BCUT2D eigenvalue weighted by molar-refractivity contribution is 5.77. The highest BCUT2D eigenvalue weighted by Crippen LogP contribution is 2.24. The van der Waals surface area contributed by atoms with Gasteiger partial charge in [-0.05, 0) is 19.1 Å². The molecule has 0 bridgehead atoms. The fraction of sp³-hybridized carbons (Fsp3) is 0.0909. The summed E-state index contributed by atoms with van der Waals surface area (Å²) >= 11 is 0. The minimum absolute atomic E-state index is 0.385. The third-order valence-corrected chi connectivity index (χ3v) is 2.33. The van der Waals surface area contributed by atoms with E-state index in [2.05, 4.69) is 20.7 Å². The van der Waals surface area contributed by atoms with E-state index in [1.54, 1.807) is 0 Å². The zero-order valence-electron chi connectivity index (χ0n) is 9.44. The first kappa shape index (κ1) is 11.2. The van der Waals surface area contributed by atoms with Crippen molar-refractivity contribution in [1.29, 1.82) is 0 Å². The molecule has 0 saturated heterocycles. The van der Waals surface area contributed by atoms with Gasteiger partial charge in [0, 0.05) is 5.69 Å². The van der Waals surface area contributed by atoms with Gasteiger partial charge in [0.2, 0.25) is 0 Å². The molecule has 0 saturated carbocycles. The molecule has 6 heteroatoms. The average molecular weight is 230 g/mol.